The molecule has 0 aliphatic heterocycles. The van der Waals surface area contributed by atoms with Crippen LogP contribution in [0, 0.1) is 5.92 Å². The van der Waals surface area contributed by atoms with Gasteiger partial charge in [0.05, 0.1) is 19.5 Å². The fraction of sp³-hybridized carbons (Fsp3) is 0.714. The maximum Gasteiger partial charge on any atom is 0.0963 e. The number of hydrogen-bond donors (Lipinski definition) is 1. The monoisotopic (exact) mass is 130 g/mol. The highest BCUT2D eigenvalue weighted by Crippen LogP contribution is 2.08. The summed E-state index contributed by atoms with van der Waals surface area (Å²) in [5, 5.41) is 8.46. The van der Waals surface area contributed by atoms with Crippen molar-refractivity contribution in [2.45, 2.75) is 13.8 Å². The Morgan fingerprint density at radius 3 is 2.33 bits per heavy atom. The SMILES string of the molecule is CO/C(=C\CO)C(C)C. The second kappa shape index (κ2) is 4.39. The van der Waals surface area contributed by atoms with Crippen LogP contribution in [0.5, 0.6) is 0 Å². The van der Waals surface area contributed by atoms with Crippen molar-refractivity contribution in [1.29, 1.82) is 0 Å². The van der Waals surface area contributed by atoms with Gasteiger partial charge in [-0.15, -0.1) is 0 Å². The van der Waals surface area contributed by atoms with Crippen molar-refractivity contribution in [3.05, 3.63) is 11.8 Å². The summed E-state index contributed by atoms with van der Waals surface area (Å²) < 4.78 is 4.95. The third-order valence-electron chi connectivity index (χ3n) is 1.10. The number of hydrogen-bond acceptors (Lipinski definition) is 2. The Labute approximate surface area is 56.1 Å². The number of methoxy groups -OCH3 is 1. The normalized spacial score (nSPS) is 12.3. The molecule has 0 saturated heterocycles. The summed E-state index contributed by atoms with van der Waals surface area (Å²) in [6.45, 7) is 4.09. The van der Waals surface area contributed by atoms with E-state index in [-0.39, 0.29) is 6.61 Å². The summed E-state index contributed by atoms with van der Waals surface area (Å²) in [5.41, 5.74) is 0. The van der Waals surface area contributed by atoms with Crippen LogP contribution < -0.4 is 0 Å². The van der Waals surface area contributed by atoms with Gasteiger partial charge in [0.15, 0.2) is 0 Å². The van der Waals surface area contributed by atoms with E-state index in [1.807, 2.05) is 13.8 Å². The maximum absolute atomic E-state index is 8.46. The Morgan fingerprint density at radius 1 is 1.67 bits per heavy atom. The Balaban J connectivity index is 3.81. The molecule has 2 nitrogen and oxygen atoms in total. The van der Waals surface area contributed by atoms with E-state index in [9.17, 15) is 0 Å². The third-order valence-corrected chi connectivity index (χ3v) is 1.10. The molecular formula is C7H14O2. The van der Waals surface area contributed by atoms with Gasteiger partial charge in [0.25, 0.3) is 0 Å². The van der Waals surface area contributed by atoms with Crippen LogP contribution >= 0.6 is 0 Å². The lowest BCUT2D eigenvalue weighted by atomic mass is 10.2. The average molecular weight is 130 g/mol. The first-order valence-corrected chi connectivity index (χ1v) is 3.07. The molecule has 0 aliphatic rings. The Bertz CT molecular complexity index is 95.1. The number of rotatable bonds is 3. The molecular weight excluding hydrogens is 116 g/mol. The summed E-state index contributed by atoms with van der Waals surface area (Å²) in [5.74, 6) is 1.21. The smallest absolute Gasteiger partial charge is 0.0963 e. The Hall–Kier alpha value is -0.500. The first-order chi connectivity index (χ1) is 4.22. The van der Waals surface area contributed by atoms with Gasteiger partial charge in [-0.3, -0.25) is 0 Å². The molecule has 0 atom stereocenters. The number of ether oxygens (including phenoxy) is 1. The molecule has 0 bridgehead atoms. The van der Waals surface area contributed by atoms with E-state index >= 15 is 0 Å². The minimum atomic E-state index is 0.0569. The van der Waals surface area contributed by atoms with Crippen molar-refractivity contribution >= 4 is 0 Å². The number of aliphatic hydroxyl groups excluding tert-OH is 1. The molecule has 54 valence electrons. The summed E-state index contributed by atoms with van der Waals surface area (Å²) >= 11 is 0. The molecule has 0 aromatic carbocycles. The standard InChI is InChI=1S/C7H14O2/c1-6(2)7(9-3)4-5-8/h4,6,8H,5H2,1-3H3/b7-4-. The summed E-state index contributed by atoms with van der Waals surface area (Å²) in [6, 6.07) is 0. The Kier molecular flexibility index (Phi) is 4.14. The maximum atomic E-state index is 8.46. The number of aliphatic hydroxyl groups is 1. The lowest BCUT2D eigenvalue weighted by molar-refractivity contribution is 0.244. The van der Waals surface area contributed by atoms with Crippen molar-refractivity contribution in [2.24, 2.45) is 5.92 Å². The van der Waals surface area contributed by atoms with Gasteiger partial charge in [-0.1, -0.05) is 13.8 Å². The molecule has 0 saturated carbocycles. The van der Waals surface area contributed by atoms with Crippen LogP contribution in [0.15, 0.2) is 11.8 Å². The minimum Gasteiger partial charge on any atom is -0.501 e. The first kappa shape index (κ1) is 8.50. The van der Waals surface area contributed by atoms with E-state index in [2.05, 4.69) is 0 Å². The van der Waals surface area contributed by atoms with Crippen LogP contribution in [0.3, 0.4) is 0 Å². The van der Waals surface area contributed by atoms with Gasteiger partial charge in [-0.2, -0.15) is 0 Å². The van der Waals surface area contributed by atoms with Gasteiger partial charge in [0.1, 0.15) is 0 Å². The van der Waals surface area contributed by atoms with Gasteiger partial charge < -0.3 is 9.84 Å². The van der Waals surface area contributed by atoms with Crippen LogP contribution in [0.1, 0.15) is 13.8 Å². The van der Waals surface area contributed by atoms with Crippen LogP contribution in [-0.4, -0.2) is 18.8 Å². The fourth-order valence-electron chi connectivity index (χ4n) is 0.645. The van der Waals surface area contributed by atoms with E-state index in [1.165, 1.54) is 0 Å². The molecule has 0 amide bonds. The van der Waals surface area contributed by atoms with E-state index in [0.29, 0.717) is 5.92 Å². The van der Waals surface area contributed by atoms with E-state index in [0.717, 1.165) is 5.76 Å². The molecule has 9 heavy (non-hydrogen) atoms. The molecule has 0 aliphatic carbocycles. The van der Waals surface area contributed by atoms with Crippen LogP contribution in [0.25, 0.3) is 0 Å². The second-order valence-corrected chi connectivity index (χ2v) is 2.15. The lowest BCUT2D eigenvalue weighted by Crippen LogP contribution is -1.97. The predicted octanol–water partition coefficient (Wildman–Crippen LogP) is 1.17. The third kappa shape index (κ3) is 3.14. The van der Waals surface area contributed by atoms with Crippen molar-refractivity contribution in [3.8, 4) is 0 Å². The molecule has 2 heteroatoms. The molecule has 0 aromatic rings. The molecule has 0 rings (SSSR count). The van der Waals surface area contributed by atoms with Gasteiger partial charge in [-0.25, -0.2) is 0 Å². The van der Waals surface area contributed by atoms with Gasteiger partial charge in [-0.05, 0) is 6.08 Å². The van der Waals surface area contributed by atoms with Gasteiger partial charge >= 0.3 is 0 Å². The lowest BCUT2D eigenvalue weighted by Gasteiger charge is -2.07. The topological polar surface area (TPSA) is 29.5 Å². The second-order valence-electron chi connectivity index (χ2n) is 2.15. The molecule has 0 radical (unpaired) electrons. The predicted molar refractivity (Wildman–Crippen MR) is 37.0 cm³/mol. The quantitative estimate of drug-likeness (QED) is 0.581. The minimum absolute atomic E-state index is 0.0569. The van der Waals surface area contributed by atoms with Crippen molar-refractivity contribution < 1.29 is 9.84 Å². The van der Waals surface area contributed by atoms with Crippen LogP contribution in [0.2, 0.25) is 0 Å². The van der Waals surface area contributed by atoms with Crippen molar-refractivity contribution in [2.75, 3.05) is 13.7 Å². The highest BCUT2D eigenvalue weighted by atomic mass is 16.5. The zero-order valence-electron chi connectivity index (χ0n) is 6.22. The summed E-state index contributed by atoms with van der Waals surface area (Å²) in [4.78, 5) is 0. The molecule has 0 spiro atoms. The van der Waals surface area contributed by atoms with Crippen LogP contribution in [0.4, 0.5) is 0 Å². The Morgan fingerprint density at radius 2 is 2.22 bits per heavy atom. The zero-order valence-corrected chi connectivity index (χ0v) is 6.22. The highest BCUT2D eigenvalue weighted by molar-refractivity contribution is 4.95. The fourth-order valence-corrected chi connectivity index (χ4v) is 0.645. The first-order valence-electron chi connectivity index (χ1n) is 3.07. The molecule has 1 N–H and O–H groups in total. The van der Waals surface area contributed by atoms with Crippen LogP contribution in [-0.2, 0) is 4.74 Å². The zero-order chi connectivity index (χ0) is 7.28. The van der Waals surface area contributed by atoms with Gasteiger partial charge in [0.2, 0.25) is 0 Å². The van der Waals surface area contributed by atoms with Crippen molar-refractivity contribution in [1.82, 2.24) is 0 Å². The number of allylic oxidation sites excluding steroid dienone is 1. The molecule has 0 unspecified atom stereocenters. The van der Waals surface area contributed by atoms with E-state index in [1.54, 1.807) is 13.2 Å². The van der Waals surface area contributed by atoms with E-state index < -0.39 is 0 Å². The summed E-state index contributed by atoms with van der Waals surface area (Å²) in [7, 11) is 1.61. The summed E-state index contributed by atoms with van der Waals surface area (Å²) in [6.07, 6.45) is 1.67. The average Bonchev–Trinajstić information content (AvgIpc) is 1.82. The highest BCUT2D eigenvalue weighted by Gasteiger charge is 1.99. The van der Waals surface area contributed by atoms with Gasteiger partial charge in [0, 0.05) is 5.92 Å². The molecule has 0 fully saturated rings. The molecule has 0 heterocycles. The molecule has 0 aromatic heterocycles. The largest absolute Gasteiger partial charge is 0.501 e. The van der Waals surface area contributed by atoms with Crippen molar-refractivity contribution in [3.63, 3.8) is 0 Å². The van der Waals surface area contributed by atoms with E-state index in [4.69, 9.17) is 9.84 Å².